The molecule has 0 aliphatic carbocycles. The van der Waals surface area contributed by atoms with Gasteiger partial charge in [-0.05, 0) is 13.8 Å². The molecular weight excluding hydrogens is 370 g/mol. The Morgan fingerprint density at radius 3 is 2.56 bits per heavy atom. The van der Waals surface area contributed by atoms with Gasteiger partial charge >= 0.3 is 0 Å². The van der Waals surface area contributed by atoms with Crippen molar-refractivity contribution in [2.45, 2.75) is 26.4 Å². The number of carbonyl (C=O) groups excluding carboxylic acids is 1. The topological polar surface area (TPSA) is 88.0 Å². The standard InChI is InChI=1S/C17H29N5O4S/c1-4-21-13-16(14(2)18-21)17(23)20-11-15(12-20)22(27(3,24)25)6-5-19-7-9-26-10-8-19/h13,15H,4-12H2,1-3H3. The molecule has 152 valence electrons. The highest BCUT2D eigenvalue weighted by molar-refractivity contribution is 7.88. The van der Waals surface area contributed by atoms with Gasteiger partial charge in [0.05, 0.1) is 36.8 Å². The van der Waals surface area contributed by atoms with E-state index in [9.17, 15) is 13.2 Å². The first kappa shape index (κ1) is 20.2. The summed E-state index contributed by atoms with van der Waals surface area (Å²) in [4.78, 5) is 16.6. The van der Waals surface area contributed by atoms with Crippen LogP contribution < -0.4 is 0 Å². The van der Waals surface area contributed by atoms with Gasteiger partial charge in [0.15, 0.2) is 0 Å². The van der Waals surface area contributed by atoms with Gasteiger partial charge in [0.1, 0.15) is 0 Å². The van der Waals surface area contributed by atoms with Crippen LogP contribution in [0.25, 0.3) is 0 Å². The lowest BCUT2D eigenvalue weighted by Crippen LogP contribution is -2.63. The Kier molecular flexibility index (Phi) is 6.19. The summed E-state index contributed by atoms with van der Waals surface area (Å²) in [5.74, 6) is -0.0786. The molecule has 0 atom stereocenters. The third-order valence-corrected chi connectivity index (χ3v) is 6.56. The predicted octanol–water partition coefficient (Wildman–Crippen LogP) is -0.370. The van der Waals surface area contributed by atoms with Crippen LogP contribution in [0, 0.1) is 6.92 Å². The molecule has 2 aliphatic rings. The van der Waals surface area contributed by atoms with E-state index >= 15 is 0 Å². The average Bonchev–Trinajstić information content (AvgIpc) is 2.97. The van der Waals surface area contributed by atoms with Crippen LogP contribution in [0.1, 0.15) is 23.0 Å². The minimum absolute atomic E-state index is 0.0786. The molecule has 1 aromatic heterocycles. The van der Waals surface area contributed by atoms with Gasteiger partial charge in [0.25, 0.3) is 5.91 Å². The number of aromatic nitrogens is 2. The SMILES string of the molecule is CCn1cc(C(=O)N2CC(N(CCN3CCOCC3)S(C)(=O)=O)C2)c(C)n1. The van der Waals surface area contributed by atoms with E-state index in [0.717, 1.165) is 13.1 Å². The highest BCUT2D eigenvalue weighted by atomic mass is 32.2. The second-order valence-electron chi connectivity index (χ2n) is 7.18. The number of hydrogen-bond donors (Lipinski definition) is 0. The quantitative estimate of drug-likeness (QED) is 0.622. The first-order valence-electron chi connectivity index (χ1n) is 9.40. The summed E-state index contributed by atoms with van der Waals surface area (Å²) in [7, 11) is -3.33. The number of amides is 1. The fourth-order valence-corrected chi connectivity index (χ4v) is 4.64. The fraction of sp³-hybridized carbons (Fsp3) is 0.765. The number of likely N-dealkylation sites (tertiary alicyclic amines) is 1. The third-order valence-electron chi connectivity index (χ3n) is 5.22. The van der Waals surface area contributed by atoms with Gasteiger partial charge in [-0.3, -0.25) is 14.4 Å². The summed E-state index contributed by atoms with van der Waals surface area (Å²) in [5.41, 5.74) is 1.30. The van der Waals surface area contributed by atoms with Gasteiger partial charge in [0, 0.05) is 52.0 Å². The molecule has 0 aromatic carbocycles. The van der Waals surface area contributed by atoms with E-state index in [0.29, 0.717) is 57.2 Å². The molecule has 3 heterocycles. The molecule has 0 N–H and O–H groups in total. The zero-order chi connectivity index (χ0) is 19.6. The maximum absolute atomic E-state index is 12.7. The Morgan fingerprint density at radius 1 is 1.33 bits per heavy atom. The summed E-state index contributed by atoms with van der Waals surface area (Å²) < 4.78 is 33.1. The molecule has 2 aliphatic heterocycles. The van der Waals surface area contributed by atoms with Crippen molar-refractivity contribution < 1.29 is 17.9 Å². The minimum Gasteiger partial charge on any atom is -0.379 e. The first-order valence-corrected chi connectivity index (χ1v) is 11.2. The summed E-state index contributed by atoms with van der Waals surface area (Å²) in [6, 6.07) is -0.161. The lowest BCUT2D eigenvalue weighted by Gasteiger charge is -2.44. The number of nitrogens with zero attached hydrogens (tertiary/aromatic N) is 5. The van der Waals surface area contributed by atoms with Gasteiger partial charge in [0.2, 0.25) is 10.0 Å². The lowest BCUT2D eigenvalue weighted by atomic mass is 10.1. The van der Waals surface area contributed by atoms with Crippen molar-refractivity contribution in [2.75, 3.05) is 58.7 Å². The van der Waals surface area contributed by atoms with Crippen LogP contribution in [0.4, 0.5) is 0 Å². The number of aryl methyl sites for hydroxylation is 2. The fourth-order valence-electron chi connectivity index (χ4n) is 3.55. The number of rotatable bonds is 7. The second-order valence-corrected chi connectivity index (χ2v) is 9.11. The van der Waals surface area contributed by atoms with Crippen LogP contribution in [0.15, 0.2) is 6.20 Å². The monoisotopic (exact) mass is 399 g/mol. The van der Waals surface area contributed by atoms with Crippen molar-refractivity contribution in [3.8, 4) is 0 Å². The predicted molar refractivity (Wildman–Crippen MR) is 101 cm³/mol. The Balaban J connectivity index is 1.58. The summed E-state index contributed by atoms with van der Waals surface area (Å²) >= 11 is 0. The first-order chi connectivity index (χ1) is 12.8. The maximum Gasteiger partial charge on any atom is 0.257 e. The van der Waals surface area contributed by atoms with E-state index in [2.05, 4.69) is 10.00 Å². The van der Waals surface area contributed by atoms with E-state index in [1.807, 2.05) is 13.8 Å². The number of morpholine rings is 1. The third kappa shape index (κ3) is 4.68. The normalized spacial score (nSPS) is 19.5. The van der Waals surface area contributed by atoms with Crippen LogP contribution in [0.2, 0.25) is 0 Å². The summed E-state index contributed by atoms with van der Waals surface area (Å²) in [6.45, 7) is 9.51. The summed E-state index contributed by atoms with van der Waals surface area (Å²) in [6.07, 6.45) is 3.00. The lowest BCUT2D eigenvalue weighted by molar-refractivity contribution is 0.0269. The second kappa shape index (κ2) is 8.26. The molecule has 0 radical (unpaired) electrons. The van der Waals surface area contributed by atoms with Gasteiger partial charge in [-0.2, -0.15) is 9.40 Å². The van der Waals surface area contributed by atoms with Crippen molar-refractivity contribution >= 4 is 15.9 Å². The number of hydrogen-bond acceptors (Lipinski definition) is 6. The van der Waals surface area contributed by atoms with Crippen molar-refractivity contribution in [3.05, 3.63) is 17.5 Å². The van der Waals surface area contributed by atoms with Crippen LogP contribution >= 0.6 is 0 Å². The van der Waals surface area contributed by atoms with E-state index in [-0.39, 0.29) is 11.9 Å². The van der Waals surface area contributed by atoms with E-state index in [1.54, 1.807) is 15.8 Å². The molecule has 27 heavy (non-hydrogen) atoms. The molecule has 0 spiro atoms. The Labute approximate surface area is 160 Å². The van der Waals surface area contributed by atoms with Crippen molar-refractivity contribution in [1.82, 2.24) is 23.9 Å². The smallest absolute Gasteiger partial charge is 0.257 e. The van der Waals surface area contributed by atoms with Gasteiger partial charge in [-0.25, -0.2) is 8.42 Å². The van der Waals surface area contributed by atoms with Crippen LogP contribution in [-0.4, -0.2) is 103 Å². The highest BCUT2D eigenvalue weighted by Gasteiger charge is 2.39. The molecule has 2 saturated heterocycles. The molecule has 9 nitrogen and oxygen atoms in total. The van der Waals surface area contributed by atoms with Crippen molar-refractivity contribution in [1.29, 1.82) is 0 Å². The molecule has 2 fully saturated rings. The summed E-state index contributed by atoms with van der Waals surface area (Å²) in [5, 5.41) is 4.31. The Morgan fingerprint density at radius 2 is 2.00 bits per heavy atom. The maximum atomic E-state index is 12.7. The van der Waals surface area contributed by atoms with Crippen LogP contribution in [0.5, 0.6) is 0 Å². The minimum atomic E-state index is -3.33. The zero-order valence-electron chi connectivity index (χ0n) is 16.3. The molecule has 1 amide bonds. The van der Waals surface area contributed by atoms with E-state index in [4.69, 9.17) is 4.74 Å². The Bertz CT molecular complexity index is 766. The van der Waals surface area contributed by atoms with Crippen molar-refractivity contribution in [3.63, 3.8) is 0 Å². The van der Waals surface area contributed by atoms with Crippen molar-refractivity contribution in [2.24, 2.45) is 0 Å². The molecule has 0 unspecified atom stereocenters. The largest absolute Gasteiger partial charge is 0.379 e. The number of sulfonamides is 1. The average molecular weight is 400 g/mol. The van der Waals surface area contributed by atoms with Crippen LogP contribution in [0.3, 0.4) is 0 Å². The molecule has 3 rings (SSSR count). The van der Waals surface area contributed by atoms with Gasteiger partial charge < -0.3 is 9.64 Å². The Hall–Kier alpha value is -1.49. The van der Waals surface area contributed by atoms with E-state index in [1.165, 1.54) is 10.6 Å². The molecule has 1 aromatic rings. The molecule has 10 heteroatoms. The highest BCUT2D eigenvalue weighted by Crippen LogP contribution is 2.21. The molecular formula is C17H29N5O4S. The van der Waals surface area contributed by atoms with Crippen LogP contribution in [-0.2, 0) is 21.3 Å². The molecule has 0 saturated carbocycles. The van der Waals surface area contributed by atoms with E-state index < -0.39 is 10.0 Å². The zero-order valence-corrected chi connectivity index (χ0v) is 17.1. The number of carbonyl (C=O) groups is 1. The van der Waals surface area contributed by atoms with Gasteiger partial charge in [-0.1, -0.05) is 0 Å². The number of ether oxygens (including phenoxy) is 1. The van der Waals surface area contributed by atoms with Gasteiger partial charge in [-0.15, -0.1) is 0 Å². The molecule has 0 bridgehead atoms.